The van der Waals surface area contributed by atoms with Crippen molar-refractivity contribution >= 4 is 34.9 Å². The van der Waals surface area contributed by atoms with Crippen molar-refractivity contribution in [2.75, 3.05) is 37.6 Å². The van der Waals surface area contributed by atoms with Gasteiger partial charge in [-0.3, -0.25) is 14.4 Å². The Morgan fingerprint density at radius 3 is 2.42 bits per heavy atom. The van der Waals surface area contributed by atoms with E-state index in [0.717, 1.165) is 5.69 Å². The normalized spacial score (nSPS) is 14.4. The van der Waals surface area contributed by atoms with Crippen LogP contribution in [0, 0.1) is 0 Å². The maximum Gasteiger partial charge on any atom is 0.287 e. The number of halogens is 1. The van der Waals surface area contributed by atoms with E-state index in [0.29, 0.717) is 37.6 Å². The molecule has 1 aliphatic heterocycles. The Kier molecular flexibility index (Phi) is 6.61. The molecule has 1 N–H and O–H groups in total. The average molecular weight is 352 g/mol. The van der Waals surface area contributed by atoms with Gasteiger partial charge in [0.05, 0.1) is 17.3 Å². The molecule has 0 radical (unpaired) electrons. The minimum Gasteiger partial charge on any atom is -0.367 e. The van der Waals surface area contributed by atoms with Gasteiger partial charge in [0.15, 0.2) is 0 Å². The molecule has 2 amide bonds. The largest absolute Gasteiger partial charge is 0.367 e. The molecule has 2 rings (SSSR count). The third-order valence-electron chi connectivity index (χ3n) is 3.96. The summed E-state index contributed by atoms with van der Waals surface area (Å²) in [4.78, 5) is 38.9. The van der Waals surface area contributed by atoms with Gasteiger partial charge in [0.25, 0.3) is 5.91 Å². The van der Waals surface area contributed by atoms with E-state index in [1.54, 1.807) is 4.90 Å². The van der Waals surface area contributed by atoms with Crippen molar-refractivity contribution in [1.82, 2.24) is 10.2 Å². The molecule has 1 fully saturated rings. The molecule has 1 aliphatic rings. The Bertz CT molecular complexity index is 613. The molecule has 0 aromatic heterocycles. The molecule has 0 atom stereocenters. The standard InChI is InChI=1S/C17H22ClN3O3/c1-2-5-15(22)17(24)19-12-16(23)21-10-8-20(9-11-21)14-7-4-3-6-13(14)18/h3-4,6-7H,2,5,8-12H2,1H3,(H,19,24). The van der Waals surface area contributed by atoms with E-state index in [-0.39, 0.29) is 18.9 Å². The summed E-state index contributed by atoms with van der Waals surface area (Å²) in [5.41, 5.74) is 0.963. The van der Waals surface area contributed by atoms with Crippen LogP contribution in [-0.2, 0) is 14.4 Å². The Balaban J connectivity index is 1.80. The molecule has 24 heavy (non-hydrogen) atoms. The molecule has 0 spiro atoms. The van der Waals surface area contributed by atoms with Crippen LogP contribution in [0.4, 0.5) is 5.69 Å². The summed E-state index contributed by atoms with van der Waals surface area (Å²) in [5, 5.41) is 3.10. The number of piperazine rings is 1. The van der Waals surface area contributed by atoms with Crippen LogP contribution in [0.3, 0.4) is 0 Å². The Labute approximate surface area is 146 Å². The molecule has 0 aliphatic carbocycles. The van der Waals surface area contributed by atoms with Crippen molar-refractivity contribution in [3.63, 3.8) is 0 Å². The van der Waals surface area contributed by atoms with Gasteiger partial charge in [0, 0.05) is 32.6 Å². The number of benzene rings is 1. The monoisotopic (exact) mass is 351 g/mol. The Hall–Kier alpha value is -2.08. The lowest BCUT2D eigenvalue weighted by Gasteiger charge is -2.36. The molecular weight excluding hydrogens is 330 g/mol. The number of nitrogens with one attached hydrogen (secondary N) is 1. The molecule has 1 aromatic carbocycles. The summed E-state index contributed by atoms with van der Waals surface area (Å²) in [6.45, 7) is 4.16. The second kappa shape index (κ2) is 8.68. The molecule has 130 valence electrons. The topological polar surface area (TPSA) is 69.7 Å². The Morgan fingerprint density at radius 2 is 1.79 bits per heavy atom. The summed E-state index contributed by atoms with van der Waals surface area (Å²) in [5.74, 6) is -1.33. The zero-order valence-electron chi connectivity index (χ0n) is 13.8. The number of carbonyl (C=O) groups is 3. The lowest BCUT2D eigenvalue weighted by Crippen LogP contribution is -2.51. The van der Waals surface area contributed by atoms with Gasteiger partial charge >= 0.3 is 0 Å². The maximum atomic E-state index is 12.1. The van der Waals surface area contributed by atoms with Gasteiger partial charge in [-0.15, -0.1) is 0 Å². The zero-order valence-corrected chi connectivity index (χ0v) is 14.5. The number of rotatable bonds is 6. The first-order valence-corrected chi connectivity index (χ1v) is 8.49. The predicted octanol–water partition coefficient (Wildman–Crippen LogP) is 1.47. The third kappa shape index (κ3) is 4.71. The number of anilines is 1. The number of hydrogen-bond acceptors (Lipinski definition) is 4. The van der Waals surface area contributed by atoms with Crippen LogP contribution in [0.5, 0.6) is 0 Å². The van der Waals surface area contributed by atoms with E-state index in [1.807, 2.05) is 31.2 Å². The number of amides is 2. The summed E-state index contributed by atoms with van der Waals surface area (Å²) >= 11 is 6.19. The fourth-order valence-electron chi connectivity index (χ4n) is 2.61. The van der Waals surface area contributed by atoms with E-state index in [1.165, 1.54) is 0 Å². The number of Topliss-reactive ketones (excluding diaryl/α,β-unsaturated/α-hetero) is 1. The van der Waals surface area contributed by atoms with E-state index >= 15 is 0 Å². The van der Waals surface area contributed by atoms with E-state index in [4.69, 9.17) is 11.6 Å². The van der Waals surface area contributed by atoms with Crippen LogP contribution in [0.1, 0.15) is 19.8 Å². The number of para-hydroxylation sites is 1. The third-order valence-corrected chi connectivity index (χ3v) is 4.28. The summed E-state index contributed by atoms with van der Waals surface area (Å²) in [6.07, 6.45) is 0.820. The van der Waals surface area contributed by atoms with Crippen molar-refractivity contribution in [3.8, 4) is 0 Å². The van der Waals surface area contributed by atoms with E-state index in [2.05, 4.69) is 10.2 Å². The molecule has 7 heteroatoms. The second-order valence-electron chi connectivity index (χ2n) is 5.68. The first-order chi connectivity index (χ1) is 11.5. The second-order valence-corrected chi connectivity index (χ2v) is 6.08. The molecule has 1 heterocycles. The smallest absolute Gasteiger partial charge is 0.287 e. The summed E-state index contributed by atoms with van der Waals surface area (Å²) < 4.78 is 0. The summed E-state index contributed by atoms with van der Waals surface area (Å²) in [6, 6.07) is 7.62. The molecule has 0 saturated carbocycles. The molecule has 1 saturated heterocycles. The van der Waals surface area contributed by atoms with Crippen LogP contribution in [-0.4, -0.2) is 55.2 Å². The lowest BCUT2D eigenvalue weighted by molar-refractivity contribution is -0.139. The van der Waals surface area contributed by atoms with Crippen LogP contribution in [0.2, 0.25) is 5.02 Å². The molecular formula is C17H22ClN3O3. The van der Waals surface area contributed by atoms with Crippen molar-refractivity contribution < 1.29 is 14.4 Å². The van der Waals surface area contributed by atoms with Gasteiger partial charge in [0.1, 0.15) is 0 Å². The van der Waals surface area contributed by atoms with Crippen molar-refractivity contribution in [3.05, 3.63) is 29.3 Å². The highest BCUT2D eigenvalue weighted by atomic mass is 35.5. The first kappa shape index (κ1) is 18.3. The van der Waals surface area contributed by atoms with Crippen LogP contribution in [0.15, 0.2) is 24.3 Å². The quantitative estimate of drug-likeness (QED) is 0.788. The van der Waals surface area contributed by atoms with Crippen LogP contribution in [0.25, 0.3) is 0 Å². The minimum atomic E-state index is -0.681. The molecule has 0 bridgehead atoms. The fraction of sp³-hybridized carbons (Fsp3) is 0.471. The van der Waals surface area contributed by atoms with Gasteiger partial charge in [0.2, 0.25) is 11.7 Å². The van der Waals surface area contributed by atoms with Gasteiger partial charge in [-0.25, -0.2) is 0 Å². The highest BCUT2D eigenvalue weighted by Crippen LogP contribution is 2.25. The zero-order chi connectivity index (χ0) is 17.5. The maximum absolute atomic E-state index is 12.1. The fourth-order valence-corrected chi connectivity index (χ4v) is 2.87. The minimum absolute atomic E-state index is 0.139. The average Bonchev–Trinajstić information content (AvgIpc) is 2.60. The first-order valence-electron chi connectivity index (χ1n) is 8.11. The van der Waals surface area contributed by atoms with Gasteiger partial charge < -0.3 is 15.1 Å². The van der Waals surface area contributed by atoms with Crippen LogP contribution >= 0.6 is 11.6 Å². The number of carbonyl (C=O) groups excluding carboxylic acids is 3. The van der Waals surface area contributed by atoms with Gasteiger partial charge in [-0.1, -0.05) is 30.7 Å². The molecule has 6 nitrogen and oxygen atoms in total. The van der Waals surface area contributed by atoms with E-state index < -0.39 is 11.7 Å². The van der Waals surface area contributed by atoms with Crippen molar-refractivity contribution in [2.45, 2.75) is 19.8 Å². The number of hydrogen-bond donors (Lipinski definition) is 1. The number of ketones is 1. The highest BCUT2D eigenvalue weighted by Gasteiger charge is 2.23. The lowest BCUT2D eigenvalue weighted by atomic mass is 10.2. The van der Waals surface area contributed by atoms with Crippen molar-refractivity contribution in [2.24, 2.45) is 0 Å². The van der Waals surface area contributed by atoms with Gasteiger partial charge in [-0.05, 0) is 18.6 Å². The predicted molar refractivity (Wildman–Crippen MR) is 93.2 cm³/mol. The summed E-state index contributed by atoms with van der Waals surface area (Å²) in [7, 11) is 0. The van der Waals surface area contributed by atoms with Gasteiger partial charge in [-0.2, -0.15) is 0 Å². The van der Waals surface area contributed by atoms with E-state index in [9.17, 15) is 14.4 Å². The van der Waals surface area contributed by atoms with Crippen LogP contribution < -0.4 is 10.2 Å². The molecule has 1 aromatic rings. The Morgan fingerprint density at radius 1 is 1.12 bits per heavy atom. The SMILES string of the molecule is CCCC(=O)C(=O)NCC(=O)N1CCN(c2ccccc2Cl)CC1. The number of nitrogens with zero attached hydrogens (tertiary/aromatic N) is 2. The highest BCUT2D eigenvalue weighted by molar-refractivity contribution is 6.36. The molecule has 0 unspecified atom stereocenters. The van der Waals surface area contributed by atoms with Crippen molar-refractivity contribution in [1.29, 1.82) is 0 Å².